The third-order valence-corrected chi connectivity index (χ3v) is 12.0. The molecule has 4 aliphatic rings. The van der Waals surface area contributed by atoms with Gasteiger partial charge in [0.2, 0.25) is 0 Å². The van der Waals surface area contributed by atoms with Crippen LogP contribution < -0.4 is 4.74 Å². The summed E-state index contributed by atoms with van der Waals surface area (Å²) in [6.07, 6.45) is 6.11. The zero-order chi connectivity index (χ0) is 32.7. The fourth-order valence-electron chi connectivity index (χ4n) is 7.35. The molecule has 3 aliphatic heterocycles. The summed E-state index contributed by atoms with van der Waals surface area (Å²) in [5.74, 6) is 0.151. The van der Waals surface area contributed by atoms with Crippen molar-refractivity contribution in [2.45, 2.75) is 44.7 Å². The van der Waals surface area contributed by atoms with Crippen LogP contribution in [0.25, 0.3) is 28.2 Å². The van der Waals surface area contributed by atoms with Crippen LogP contribution in [0.4, 0.5) is 0 Å². The molecule has 3 aromatic rings. The molecule has 1 aliphatic carbocycles. The van der Waals surface area contributed by atoms with Crippen molar-refractivity contribution in [3.8, 4) is 17.0 Å². The summed E-state index contributed by atoms with van der Waals surface area (Å²) in [4.78, 5) is 32.3. The molecule has 0 atom stereocenters. The fourth-order valence-corrected chi connectivity index (χ4v) is 9.13. The van der Waals surface area contributed by atoms with Gasteiger partial charge in [0.15, 0.2) is 0 Å². The van der Waals surface area contributed by atoms with Crippen LogP contribution in [0.15, 0.2) is 48.0 Å². The van der Waals surface area contributed by atoms with Gasteiger partial charge in [-0.05, 0) is 67.9 Å². The van der Waals surface area contributed by atoms with Crippen molar-refractivity contribution < 1.29 is 27.5 Å². The number of nitrogens with zero attached hydrogens (tertiary/aromatic N) is 5. The predicted octanol–water partition coefficient (Wildman–Crippen LogP) is 3.84. The third-order valence-electron chi connectivity index (χ3n) is 10.1. The smallest absolute Gasteiger partial charge is 0.306 e. The lowest BCUT2D eigenvalue weighted by Crippen LogP contribution is -2.56. The first-order valence-corrected chi connectivity index (χ1v) is 18.1. The van der Waals surface area contributed by atoms with E-state index in [1.165, 1.54) is 8.61 Å². The molecule has 7 rings (SSSR count). The minimum absolute atomic E-state index is 0.0502. The Bertz CT molecular complexity index is 1810. The second kappa shape index (κ2) is 13.1. The first kappa shape index (κ1) is 31.9. The Labute approximate surface area is 276 Å². The van der Waals surface area contributed by atoms with E-state index in [0.717, 1.165) is 47.0 Å². The standard InChI is InChI=1S/C35H43N5O6S/c1-36-12-14-38(15-13-36)47(43,44)40(29-6-4-3-5-7-29)35(42)26-9-8-25-22-33-31-11-10-30(45-2)21-27(31)20-28(24-39(33)32(25)23-26)34(41)37-16-18-46-19-17-37/h8-11,20-23,29H,3-7,12-19,24H2,1-2H3. The SMILES string of the molecule is COc1ccc2c(c1)C=C(C(=O)N1CCOCC1)Cn1c-2cc2ccc(C(=O)N(C3CCCCC3)S(=O)(=O)N3CCN(C)CC3)cc21. The number of fused-ring (bicyclic) bond motifs is 5. The lowest BCUT2D eigenvalue weighted by Gasteiger charge is -2.39. The van der Waals surface area contributed by atoms with E-state index < -0.39 is 16.1 Å². The molecule has 0 N–H and O–H groups in total. The van der Waals surface area contributed by atoms with Gasteiger partial charge in [0.1, 0.15) is 5.75 Å². The number of methoxy groups -OCH3 is 1. The molecule has 2 amide bonds. The molecule has 0 bridgehead atoms. The van der Waals surface area contributed by atoms with Gasteiger partial charge in [0.25, 0.3) is 11.8 Å². The average Bonchev–Trinajstić information content (AvgIpc) is 3.37. The van der Waals surface area contributed by atoms with Crippen molar-refractivity contribution in [2.24, 2.45) is 0 Å². The minimum Gasteiger partial charge on any atom is -0.497 e. The van der Waals surface area contributed by atoms with Gasteiger partial charge in [-0.15, -0.1) is 0 Å². The number of amides is 2. The highest BCUT2D eigenvalue weighted by molar-refractivity contribution is 7.87. The number of ether oxygens (including phenoxy) is 2. The van der Waals surface area contributed by atoms with E-state index in [4.69, 9.17) is 9.47 Å². The Kier molecular flexibility index (Phi) is 8.86. The highest BCUT2D eigenvalue weighted by atomic mass is 32.2. The zero-order valence-corrected chi connectivity index (χ0v) is 28.0. The average molecular weight is 662 g/mol. The van der Waals surface area contributed by atoms with Gasteiger partial charge in [-0.2, -0.15) is 12.7 Å². The van der Waals surface area contributed by atoms with E-state index in [-0.39, 0.29) is 11.9 Å². The highest BCUT2D eigenvalue weighted by Gasteiger charge is 2.40. The highest BCUT2D eigenvalue weighted by Crippen LogP contribution is 2.38. The Balaban J connectivity index is 1.30. The maximum absolute atomic E-state index is 14.4. The summed E-state index contributed by atoms with van der Waals surface area (Å²) in [5.41, 5.74) is 4.46. The lowest BCUT2D eigenvalue weighted by atomic mass is 9.95. The van der Waals surface area contributed by atoms with Crippen LogP contribution in [0.2, 0.25) is 0 Å². The lowest BCUT2D eigenvalue weighted by molar-refractivity contribution is -0.131. The summed E-state index contributed by atoms with van der Waals surface area (Å²) < 4.78 is 44.2. The summed E-state index contributed by atoms with van der Waals surface area (Å²) in [6.45, 7) is 4.32. The van der Waals surface area contributed by atoms with Gasteiger partial charge in [0.05, 0.1) is 32.6 Å². The molecule has 0 unspecified atom stereocenters. The Morgan fingerprint density at radius 3 is 2.38 bits per heavy atom. The molecule has 2 aromatic carbocycles. The van der Waals surface area contributed by atoms with E-state index >= 15 is 0 Å². The van der Waals surface area contributed by atoms with Crippen LogP contribution in [0.1, 0.15) is 48.0 Å². The monoisotopic (exact) mass is 661 g/mol. The van der Waals surface area contributed by atoms with Crippen LogP contribution in [0.5, 0.6) is 5.75 Å². The number of likely N-dealkylation sites (N-methyl/N-ethyl adjacent to an activating group) is 1. The van der Waals surface area contributed by atoms with Crippen molar-refractivity contribution in [3.05, 3.63) is 59.2 Å². The molecule has 0 spiro atoms. The van der Waals surface area contributed by atoms with E-state index in [1.54, 1.807) is 13.2 Å². The zero-order valence-electron chi connectivity index (χ0n) is 27.2. The molecule has 250 valence electrons. The second-order valence-electron chi connectivity index (χ2n) is 13.0. The molecule has 1 aromatic heterocycles. The van der Waals surface area contributed by atoms with Crippen LogP contribution >= 0.6 is 0 Å². The number of hydrogen-bond donors (Lipinski definition) is 0. The second-order valence-corrected chi connectivity index (χ2v) is 14.8. The molecule has 12 heteroatoms. The molecule has 2 saturated heterocycles. The molecule has 11 nitrogen and oxygen atoms in total. The third kappa shape index (κ3) is 6.08. The van der Waals surface area contributed by atoms with E-state index in [2.05, 4.69) is 15.5 Å². The topological polar surface area (TPSA) is 105 Å². The van der Waals surface area contributed by atoms with Gasteiger partial charge in [-0.25, -0.2) is 4.31 Å². The van der Waals surface area contributed by atoms with Crippen LogP contribution in [0.3, 0.4) is 0 Å². The van der Waals surface area contributed by atoms with Gasteiger partial charge in [-0.3, -0.25) is 9.59 Å². The molecule has 0 radical (unpaired) electrons. The quantitative estimate of drug-likeness (QED) is 0.396. The van der Waals surface area contributed by atoms with Crippen LogP contribution in [-0.4, -0.2) is 116 Å². The first-order valence-electron chi connectivity index (χ1n) is 16.7. The van der Waals surface area contributed by atoms with Crippen molar-refractivity contribution in [1.82, 2.24) is 23.0 Å². The Morgan fingerprint density at radius 1 is 0.915 bits per heavy atom. The fraction of sp³-hybridized carbons (Fsp3) is 0.486. The normalized spacial score (nSPS) is 19.9. The Morgan fingerprint density at radius 2 is 1.66 bits per heavy atom. The number of carbonyl (C=O) groups excluding carboxylic acids is 2. The predicted molar refractivity (Wildman–Crippen MR) is 180 cm³/mol. The molecule has 4 heterocycles. The number of aromatic nitrogens is 1. The Hall–Kier alpha value is -3.71. The molecular formula is C35H43N5O6S. The first-order chi connectivity index (χ1) is 22.7. The van der Waals surface area contributed by atoms with Crippen molar-refractivity contribution in [3.63, 3.8) is 0 Å². The van der Waals surface area contributed by atoms with Gasteiger partial charge in [0, 0.05) is 72.9 Å². The number of hydrogen-bond acceptors (Lipinski definition) is 7. The maximum atomic E-state index is 14.4. The van der Waals surface area contributed by atoms with E-state index in [1.807, 2.05) is 48.4 Å². The number of morpholine rings is 1. The number of rotatable bonds is 6. The molecule has 47 heavy (non-hydrogen) atoms. The summed E-state index contributed by atoms with van der Waals surface area (Å²) in [7, 11) is -0.432. The summed E-state index contributed by atoms with van der Waals surface area (Å²) in [6, 6.07) is 13.0. The number of piperazine rings is 1. The van der Waals surface area contributed by atoms with Crippen LogP contribution in [0, 0.1) is 0 Å². The largest absolute Gasteiger partial charge is 0.497 e. The number of benzene rings is 2. The molecule has 1 saturated carbocycles. The number of carbonyl (C=O) groups is 2. The maximum Gasteiger partial charge on any atom is 0.306 e. The van der Waals surface area contributed by atoms with Gasteiger partial charge in [-0.1, -0.05) is 25.3 Å². The summed E-state index contributed by atoms with van der Waals surface area (Å²) in [5, 5.41) is 0.907. The van der Waals surface area contributed by atoms with Gasteiger partial charge >= 0.3 is 10.2 Å². The molecule has 3 fully saturated rings. The van der Waals surface area contributed by atoms with Crippen molar-refractivity contribution in [1.29, 1.82) is 0 Å². The summed E-state index contributed by atoms with van der Waals surface area (Å²) >= 11 is 0. The van der Waals surface area contributed by atoms with Crippen LogP contribution in [-0.2, 0) is 26.3 Å². The van der Waals surface area contributed by atoms with E-state index in [0.29, 0.717) is 88.8 Å². The minimum atomic E-state index is -4.03. The van der Waals surface area contributed by atoms with Crippen molar-refractivity contribution in [2.75, 3.05) is 66.6 Å². The van der Waals surface area contributed by atoms with E-state index in [9.17, 15) is 18.0 Å². The van der Waals surface area contributed by atoms with Crippen molar-refractivity contribution >= 4 is 39.0 Å². The van der Waals surface area contributed by atoms with Gasteiger partial charge < -0.3 is 23.8 Å². The molecular weight excluding hydrogens is 618 g/mol.